The molecule has 0 saturated carbocycles. The Morgan fingerprint density at radius 2 is 1.84 bits per heavy atom. The second kappa shape index (κ2) is 10.8. The minimum absolute atomic E-state index is 0.00106. The number of carbonyl (C=O) groups is 2. The summed E-state index contributed by atoms with van der Waals surface area (Å²) in [6.45, 7) is 5.84. The molecule has 1 atom stereocenters. The molecule has 6 heteroatoms. The van der Waals surface area contributed by atoms with E-state index in [1.165, 1.54) is 7.11 Å². The maximum absolute atomic E-state index is 11.5. The lowest BCUT2D eigenvalue weighted by molar-refractivity contribution is -0.144. The lowest BCUT2D eigenvalue weighted by atomic mass is 10.2. The van der Waals surface area contributed by atoms with Crippen LogP contribution in [0.15, 0.2) is 0 Å². The van der Waals surface area contributed by atoms with Crippen molar-refractivity contribution in [3.05, 3.63) is 0 Å². The number of nitrogens with zero attached hydrogens (tertiary/aromatic N) is 1. The summed E-state index contributed by atoms with van der Waals surface area (Å²) in [5.74, 6) is -0.485. The van der Waals surface area contributed by atoms with Crippen molar-refractivity contribution in [1.29, 1.82) is 0 Å². The Hall–Kier alpha value is -1.14. The van der Waals surface area contributed by atoms with Crippen LogP contribution in [0, 0.1) is 0 Å². The lowest BCUT2D eigenvalue weighted by Crippen LogP contribution is -2.39. The average molecular weight is 275 g/mol. The second-order valence-corrected chi connectivity index (χ2v) is 4.21. The molecule has 0 heterocycles. The zero-order valence-corrected chi connectivity index (χ0v) is 12.3. The summed E-state index contributed by atoms with van der Waals surface area (Å²) in [5, 5.41) is 0. The number of rotatable bonds is 10. The molecule has 0 radical (unpaired) electrons. The SMILES string of the molecule is CCOC(=O)CC(C)N(CCOC)CCC(=O)OC. The molecule has 112 valence electrons. The molecule has 0 aliphatic carbocycles. The van der Waals surface area contributed by atoms with Crippen LogP contribution in [0.1, 0.15) is 26.7 Å². The summed E-state index contributed by atoms with van der Waals surface area (Å²) in [6.07, 6.45) is 0.603. The third-order valence-corrected chi connectivity index (χ3v) is 2.80. The molecule has 0 aromatic heterocycles. The standard InChI is InChI=1S/C13H25NO5/c1-5-19-13(16)10-11(2)14(8-9-17-3)7-6-12(15)18-4/h11H,5-10H2,1-4H3. The van der Waals surface area contributed by atoms with E-state index in [1.807, 2.05) is 11.8 Å². The summed E-state index contributed by atoms with van der Waals surface area (Å²) in [6, 6.07) is -0.00106. The van der Waals surface area contributed by atoms with Gasteiger partial charge >= 0.3 is 11.9 Å². The smallest absolute Gasteiger partial charge is 0.307 e. The highest BCUT2D eigenvalue weighted by molar-refractivity contribution is 5.70. The van der Waals surface area contributed by atoms with Gasteiger partial charge in [-0.3, -0.25) is 14.5 Å². The van der Waals surface area contributed by atoms with Crippen LogP contribution in [-0.4, -0.2) is 63.4 Å². The zero-order valence-electron chi connectivity index (χ0n) is 12.3. The molecule has 0 fully saturated rings. The van der Waals surface area contributed by atoms with Crippen molar-refractivity contribution in [2.75, 3.05) is 40.5 Å². The molecule has 0 aromatic rings. The zero-order chi connectivity index (χ0) is 14.7. The first kappa shape index (κ1) is 17.9. The molecule has 0 N–H and O–H groups in total. The Labute approximate surface area is 115 Å². The molecule has 0 rings (SSSR count). The summed E-state index contributed by atoms with van der Waals surface area (Å²) in [4.78, 5) is 24.6. The van der Waals surface area contributed by atoms with Gasteiger partial charge in [-0.15, -0.1) is 0 Å². The molecule has 0 aliphatic rings. The summed E-state index contributed by atoms with van der Waals surface area (Å²) in [5.41, 5.74) is 0. The van der Waals surface area contributed by atoms with Crippen LogP contribution < -0.4 is 0 Å². The van der Waals surface area contributed by atoms with E-state index in [0.29, 0.717) is 39.1 Å². The van der Waals surface area contributed by atoms with Gasteiger partial charge in [-0.25, -0.2) is 0 Å². The third kappa shape index (κ3) is 8.56. The molecular formula is C13H25NO5. The van der Waals surface area contributed by atoms with Crippen molar-refractivity contribution >= 4 is 11.9 Å². The van der Waals surface area contributed by atoms with Crippen molar-refractivity contribution in [3.8, 4) is 0 Å². The van der Waals surface area contributed by atoms with Crippen molar-refractivity contribution in [3.63, 3.8) is 0 Å². The van der Waals surface area contributed by atoms with E-state index in [2.05, 4.69) is 4.74 Å². The topological polar surface area (TPSA) is 65.1 Å². The quantitative estimate of drug-likeness (QED) is 0.550. The van der Waals surface area contributed by atoms with Crippen molar-refractivity contribution in [2.24, 2.45) is 0 Å². The molecule has 0 aromatic carbocycles. The first-order chi connectivity index (χ1) is 9.04. The highest BCUT2D eigenvalue weighted by Crippen LogP contribution is 2.06. The van der Waals surface area contributed by atoms with E-state index in [4.69, 9.17) is 9.47 Å². The van der Waals surface area contributed by atoms with Gasteiger partial charge in [0, 0.05) is 26.2 Å². The fourth-order valence-corrected chi connectivity index (χ4v) is 1.69. The summed E-state index contributed by atoms with van der Waals surface area (Å²) in [7, 11) is 2.98. The Morgan fingerprint density at radius 3 is 2.37 bits per heavy atom. The predicted molar refractivity (Wildman–Crippen MR) is 70.8 cm³/mol. The molecule has 0 amide bonds. The van der Waals surface area contributed by atoms with Crippen LogP contribution in [0.4, 0.5) is 0 Å². The molecule has 0 saturated heterocycles. The van der Waals surface area contributed by atoms with Gasteiger partial charge < -0.3 is 14.2 Å². The number of esters is 2. The van der Waals surface area contributed by atoms with E-state index in [0.717, 1.165) is 0 Å². The maximum Gasteiger partial charge on any atom is 0.307 e. The number of ether oxygens (including phenoxy) is 3. The fraction of sp³-hybridized carbons (Fsp3) is 0.846. The number of hydrogen-bond acceptors (Lipinski definition) is 6. The molecule has 1 unspecified atom stereocenters. The number of methoxy groups -OCH3 is 2. The summed E-state index contributed by atoms with van der Waals surface area (Å²) >= 11 is 0. The summed E-state index contributed by atoms with van der Waals surface area (Å²) < 4.78 is 14.6. The van der Waals surface area contributed by atoms with E-state index < -0.39 is 0 Å². The van der Waals surface area contributed by atoms with Gasteiger partial charge in [-0.2, -0.15) is 0 Å². The van der Waals surface area contributed by atoms with Gasteiger partial charge in [-0.1, -0.05) is 0 Å². The fourth-order valence-electron chi connectivity index (χ4n) is 1.69. The van der Waals surface area contributed by atoms with Gasteiger partial charge in [-0.05, 0) is 13.8 Å². The van der Waals surface area contributed by atoms with Crippen molar-refractivity contribution in [1.82, 2.24) is 4.90 Å². The van der Waals surface area contributed by atoms with Gasteiger partial charge in [0.15, 0.2) is 0 Å². The Balaban J connectivity index is 4.28. The van der Waals surface area contributed by atoms with Crippen LogP contribution in [0.25, 0.3) is 0 Å². The van der Waals surface area contributed by atoms with Gasteiger partial charge in [0.1, 0.15) is 0 Å². The highest BCUT2D eigenvalue weighted by atomic mass is 16.5. The highest BCUT2D eigenvalue weighted by Gasteiger charge is 2.18. The minimum Gasteiger partial charge on any atom is -0.469 e. The predicted octanol–water partition coefficient (Wildman–Crippen LogP) is 0.840. The molecule has 6 nitrogen and oxygen atoms in total. The molecule has 19 heavy (non-hydrogen) atoms. The van der Waals surface area contributed by atoms with Gasteiger partial charge in [0.05, 0.1) is 33.2 Å². The first-order valence-corrected chi connectivity index (χ1v) is 6.50. The van der Waals surface area contributed by atoms with Crippen molar-refractivity contribution < 1.29 is 23.8 Å². The Morgan fingerprint density at radius 1 is 1.16 bits per heavy atom. The molecule has 0 aliphatic heterocycles. The monoisotopic (exact) mass is 275 g/mol. The van der Waals surface area contributed by atoms with Gasteiger partial charge in [0.2, 0.25) is 0 Å². The largest absolute Gasteiger partial charge is 0.469 e. The van der Waals surface area contributed by atoms with Crippen molar-refractivity contribution in [2.45, 2.75) is 32.7 Å². The normalized spacial score (nSPS) is 12.3. The van der Waals surface area contributed by atoms with E-state index in [-0.39, 0.29) is 18.0 Å². The van der Waals surface area contributed by atoms with Crippen LogP contribution in [0.5, 0.6) is 0 Å². The third-order valence-electron chi connectivity index (χ3n) is 2.80. The second-order valence-electron chi connectivity index (χ2n) is 4.21. The van der Waals surface area contributed by atoms with Crippen LogP contribution in [-0.2, 0) is 23.8 Å². The van der Waals surface area contributed by atoms with Gasteiger partial charge in [0.25, 0.3) is 0 Å². The maximum atomic E-state index is 11.5. The van der Waals surface area contributed by atoms with E-state index in [9.17, 15) is 9.59 Å². The Bertz CT molecular complexity index is 270. The molecule has 0 spiro atoms. The van der Waals surface area contributed by atoms with E-state index in [1.54, 1.807) is 14.0 Å². The van der Waals surface area contributed by atoms with Crippen LogP contribution in [0.3, 0.4) is 0 Å². The van der Waals surface area contributed by atoms with E-state index >= 15 is 0 Å². The molecular weight excluding hydrogens is 250 g/mol. The van der Waals surface area contributed by atoms with Crippen LogP contribution >= 0.6 is 0 Å². The number of carbonyl (C=O) groups excluding carboxylic acids is 2. The van der Waals surface area contributed by atoms with Crippen LogP contribution in [0.2, 0.25) is 0 Å². The minimum atomic E-state index is -0.259. The number of hydrogen-bond donors (Lipinski definition) is 0. The lowest BCUT2D eigenvalue weighted by Gasteiger charge is -2.27. The Kier molecular flexibility index (Phi) is 10.1. The molecule has 0 bridgehead atoms. The first-order valence-electron chi connectivity index (χ1n) is 6.50. The average Bonchev–Trinajstić information content (AvgIpc) is 2.38.